The molecule has 3 aromatic heterocycles. The predicted molar refractivity (Wildman–Crippen MR) is 121 cm³/mol. The molecule has 0 radical (unpaired) electrons. The Hall–Kier alpha value is -4.80. The SMILES string of the molecule is CNC(=O)c1c(Nc2cc(-c3ccccc3)[nH]n2)ncnc1Oc1cc(F)c2[nH]ccc2c1F. The second-order valence-electron chi connectivity index (χ2n) is 7.18. The molecule has 9 nitrogen and oxygen atoms in total. The molecular weight excluding hydrogens is 444 g/mol. The Morgan fingerprint density at radius 2 is 1.91 bits per heavy atom. The number of nitrogens with zero attached hydrogens (tertiary/aromatic N) is 3. The number of fused-ring (bicyclic) bond motifs is 1. The minimum atomic E-state index is -0.798. The fraction of sp³-hybridized carbons (Fsp3) is 0.0435. The monoisotopic (exact) mass is 461 g/mol. The Labute approximate surface area is 191 Å². The zero-order chi connectivity index (χ0) is 23.7. The van der Waals surface area contributed by atoms with E-state index in [0.29, 0.717) is 5.82 Å². The van der Waals surface area contributed by atoms with E-state index >= 15 is 0 Å². The minimum Gasteiger partial charge on any atom is -0.435 e. The van der Waals surface area contributed by atoms with E-state index in [9.17, 15) is 13.6 Å². The summed E-state index contributed by atoms with van der Waals surface area (Å²) in [4.78, 5) is 23.4. The van der Waals surface area contributed by atoms with E-state index in [1.807, 2.05) is 30.3 Å². The third kappa shape index (κ3) is 3.79. The van der Waals surface area contributed by atoms with Crippen molar-refractivity contribution in [2.45, 2.75) is 0 Å². The van der Waals surface area contributed by atoms with Gasteiger partial charge < -0.3 is 20.4 Å². The number of carbonyl (C=O) groups excluding carboxylic acids is 1. The average Bonchev–Trinajstić information content (AvgIpc) is 3.53. The molecule has 0 fully saturated rings. The van der Waals surface area contributed by atoms with Crippen LogP contribution in [0.3, 0.4) is 0 Å². The zero-order valence-corrected chi connectivity index (χ0v) is 17.7. The molecule has 0 spiro atoms. The van der Waals surface area contributed by atoms with Crippen LogP contribution in [0.2, 0.25) is 0 Å². The van der Waals surface area contributed by atoms with Crippen LogP contribution in [-0.4, -0.2) is 38.1 Å². The minimum absolute atomic E-state index is 0.00821. The smallest absolute Gasteiger partial charge is 0.260 e. The number of hydrogen-bond acceptors (Lipinski definition) is 6. The van der Waals surface area contributed by atoms with Crippen LogP contribution < -0.4 is 15.4 Å². The van der Waals surface area contributed by atoms with E-state index < -0.39 is 23.3 Å². The van der Waals surface area contributed by atoms with Crippen LogP contribution in [0, 0.1) is 11.6 Å². The Balaban J connectivity index is 1.51. The number of aromatic nitrogens is 5. The van der Waals surface area contributed by atoms with Crippen LogP contribution in [0.5, 0.6) is 11.6 Å². The summed E-state index contributed by atoms with van der Waals surface area (Å²) < 4.78 is 34.9. The van der Waals surface area contributed by atoms with Gasteiger partial charge in [-0.25, -0.2) is 18.7 Å². The summed E-state index contributed by atoms with van der Waals surface area (Å²) in [5.41, 5.74) is 1.56. The third-order valence-electron chi connectivity index (χ3n) is 5.08. The number of amides is 1. The van der Waals surface area contributed by atoms with Gasteiger partial charge in [0.15, 0.2) is 29.0 Å². The Bertz CT molecular complexity index is 1500. The molecular formula is C23H17F2N7O2. The zero-order valence-electron chi connectivity index (χ0n) is 17.7. The van der Waals surface area contributed by atoms with Gasteiger partial charge in [0.25, 0.3) is 5.91 Å². The van der Waals surface area contributed by atoms with Gasteiger partial charge in [0, 0.05) is 30.8 Å². The summed E-state index contributed by atoms with van der Waals surface area (Å²) in [6, 6.07) is 13.5. The summed E-state index contributed by atoms with van der Waals surface area (Å²) in [5.74, 6) is -2.35. The summed E-state index contributed by atoms with van der Waals surface area (Å²) in [6.45, 7) is 0. The van der Waals surface area contributed by atoms with Gasteiger partial charge in [-0.2, -0.15) is 5.10 Å². The first-order valence-corrected chi connectivity index (χ1v) is 10.1. The van der Waals surface area contributed by atoms with Crippen molar-refractivity contribution in [3.05, 3.63) is 78.3 Å². The number of H-pyrrole nitrogens is 2. The van der Waals surface area contributed by atoms with Gasteiger partial charge in [-0.1, -0.05) is 30.3 Å². The van der Waals surface area contributed by atoms with Crippen molar-refractivity contribution in [3.63, 3.8) is 0 Å². The molecule has 0 aliphatic heterocycles. The van der Waals surface area contributed by atoms with Crippen LogP contribution in [0.1, 0.15) is 10.4 Å². The second kappa shape index (κ2) is 8.62. The Morgan fingerprint density at radius 3 is 2.71 bits per heavy atom. The van der Waals surface area contributed by atoms with E-state index in [1.165, 1.54) is 19.3 Å². The maximum atomic E-state index is 14.9. The summed E-state index contributed by atoms with van der Waals surface area (Å²) in [7, 11) is 1.41. The molecule has 11 heteroatoms. The Morgan fingerprint density at radius 1 is 1.09 bits per heavy atom. The molecule has 2 aromatic carbocycles. The summed E-state index contributed by atoms with van der Waals surface area (Å²) >= 11 is 0. The largest absolute Gasteiger partial charge is 0.435 e. The lowest BCUT2D eigenvalue weighted by molar-refractivity contribution is 0.0960. The maximum absolute atomic E-state index is 14.9. The highest BCUT2D eigenvalue weighted by atomic mass is 19.1. The molecule has 0 aliphatic carbocycles. The van der Waals surface area contributed by atoms with Crippen LogP contribution in [-0.2, 0) is 0 Å². The third-order valence-corrected chi connectivity index (χ3v) is 5.08. The van der Waals surface area contributed by atoms with E-state index in [4.69, 9.17) is 4.74 Å². The fourth-order valence-electron chi connectivity index (χ4n) is 3.46. The van der Waals surface area contributed by atoms with E-state index in [2.05, 4.69) is 35.8 Å². The number of nitrogens with one attached hydrogen (secondary N) is 4. The number of benzene rings is 2. The van der Waals surface area contributed by atoms with Gasteiger partial charge in [0.1, 0.15) is 11.9 Å². The lowest BCUT2D eigenvalue weighted by atomic mass is 10.1. The van der Waals surface area contributed by atoms with Gasteiger partial charge in [-0.15, -0.1) is 0 Å². The lowest BCUT2D eigenvalue weighted by Gasteiger charge is -2.13. The maximum Gasteiger partial charge on any atom is 0.260 e. The highest BCUT2D eigenvalue weighted by Crippen LogP contribution is 2.34. The molecule has 170 valence electrons. The first-order chi connectivity index (χ1) is 16.5. The van der Waals surface area contributed by atoms with Gasteiger partial charge in [0.2, 0.25) is 5.88 Å². The molecule has 5 rings (SSSR count). The molecule has 3 heterocycles. The second-order valence-corrected chi connectivity index (χ2v) is 7.18. The van der Waals surface area contributed by atoms with Gasteiger partial charge in [0.05, 0.1) is 11.2 Å². The first-order valence-electron chi connectivity index (χ1n) is 10.1. The van der Waals surface area contributed by atoms with Crippen molar-refractivity contribution in [2.24, 2.45) is 0 Å². The number of anilines is 2. The van der Waals surface area contributed by atoms with Crippen molar-refractivity contribution in [1.29, 1.82) is 0 Å². The number of rotatable bonds is 6. The molecule has 0 atom stereocenters. The molecule has 0 saturated carbocycles. The molecule has 5 aromatic rings. The highest BCUT2D eigenvalue weighted by Gasteiger charge is 2.23. The molecule has 0 unspecified atom stereocenters. The van der Waals surface area contributed by atoms with Crippen LogP contribution in [0.25, 0.3) is 22.2 Å². The molecule has 34 heavy (non-hydrogen) atoms. The van der Waals surface area contributed by atoms with Crippen molar-refractivity contribution < 1.29 is 18.3 Å². The van der Waals surface area contributed by atoms with Crippen molar-refractivity contribution in [2.75, 3.05) is 12.4 Å². The number of halogens is 2. The molecule has 0 bridgehead atoms. The van der Waals surface area contributed by atoms with E-state index in [-0.39, 0.29) is 28.2 Å². The molecule has 4 N–H and O–H groups in total. The average molecular weight is 461 g/mol. The number of aromatic amines is 2. The van der Waals surface area contributed by atoms with Gasteiger partial charge >= 0.3 is 0 Å². The Kier molecular flexibility index (Phi) is 5.34. The normalized spacial score (nSPS) is 10.9. The molecule has 0 aliphatic rings. The molecule has 0 saturated heterocycles. The lowest BCUT2D eigenvalue weighted by Crippen LogP contribution is -2.21. The van der Waals surface area contributed by atoms with E-state index in [1.54, 1.807) is 6.07 Å². The molecule has 1 amide bonds. The number of ether oxygens (including phenoxy) is 1. The van der Waals surface area contributed by atoms with Crippen LogP contribution in [0.4, 0.5) is 20.4 Å². The van der Waals surface area contributed by atoms with Crippen LogP contribution in [0.15, 0.2) is 61.1 Å². The van der Waals surface area contributed by atoms with Crippen molar-refractivity contribution >= 4 is 28.4 Å². The first kappa shape index (κ1) is 21.1. The van der Waals surface area contributed by atoms with Gasteiger partial charge in [-0.3, -0.25) is 9.89 Å². The van der Waals surface area contributed by atoms with E-state index in [0.717, 1.165) is 23.7 Å². The summed E-state index contributed by atoms with van der Waals surface area (Å²) in [6.07, 6.45) is 2.55. The fourth-order valence-corrected chi connectivity index (χ4v) is 3.46. The number of hydrogen-bond donors (Lipinski definition) is 4. The standard InChI is InChI=1S/C23H17F2N7O2/c1-26-22(33)18-21(30-17-10-15(31-32-17)12-5-3-2-4-6-12)28-11-29-23(18)34-16-9-14(24)20-13(19(16)25)7-8-27-20/h2-11,27H,1H3,(H,26,33)(H2,28,29,30,31,32). The van der Waals surface area contributed by atoms with Crippen LogP contribution >= 0.6 is 0 Å². The predicted octanol–water partition coefficient (Wildman–Crippen LogP) is 4.52. The topological polar surface area (TPSA) is 121 Å². The van der Waals surface area contributed by atoms with Crippen molar-refractivity contribution in [1.82, 2.24) is 30.5 Å². The highest BCUT2D eigenvalue weighted by molar-refractivity contribution is 6.01. The quantitative estimate of drug-likeness (QED) is 0.295. The summed E-state index contributed by atoms with van der Waals surface area (Å²) in [5, 5.41) is 12.5. The number of carbonyl (C=O) groups is 1. The van der Waals surface area contributed by atoms with Gasteiger partial charge in [-0.05, 0) is 11.6 Å². The van der Waals surface area contributed by atoms with Crippen molar-refractivity contribution in [3.8, 4) is 22.9 Å².